The Kier molecular flexibility index (Phi) is 5.40. The van der Waals surface area contributed by atoms with Gasteiger partial charge in [0.2, 0.25) is 5.91 Å². The van der Waals surface area contributed by atoms with Crippen molar-refractivity contribution < 1.29 is 9.53 Å². The molecule has 6 rings (SSSR count). The third-order valence-electron chi connectivity index (χ3n) is 7.52. The number of nitrogens with zero attached hydrogens (tertiary/aromatic N) is 5. The monoisotopic (exact) mass is 460 g/mol. The first-order valence-electron chi connectivity index (χ1n) is 12.4. The van der Waals surface area contributed by atoms with Crippen LogP contribution in [0.5, 0.6) is 5.75 Å². The number of hydrogen-bond acceptors (Lipinski definition) is 6. The van der Waals surface area contributed by atoms with Crippen molar-refractivity contribution in [3.05, 3.63) is 42.4 Å². The minimum absolute atomic E-state index is 0.0764. The van der Waals surface area contributed by atoms with E-state index in [0.29, 0.717) is 18.9 Å². The van der Waals surface area contributed by atoms with E-state index in [9.17, 15) is 4.79 Å². The molecule has 178 valence electrons. The van der Waals surface area contributed by atoms with Gasteiger partial charge >= 0.3 is 0 Å². The van der Waals surface area contributed by atoms with Crippen LogP contribution in [0.15, 0.2) is 36.8 Å². The molecule has 5 heterocycles. The van der Waals surface area contributed by atoms with Crippen molar-refractivity contribution in [3.63, 3.8) is 0 Å². The molecule has 1 N–H and O–H groups in total. The number of fused-ring (bicyclic) bond motifs is 1. The van der Waals surface area contributed by atoms with Gasteiger partial charge in [-0.3, -0.25) is 9.78 Å². The molecule has 1 aliphatic carbocycles. The van der Waals surface area contributed by atoms with Gasteiger partial charge in [-0.2, -0.15) is 5.10 Å². The molecular weight excluding hydrogens is 428 g/mol. The molecule has 34 heavy (non-hydrogen) atoms. The summed E-state index contributed by atoms with van der Waals surface area (Å²) in [5.41, 5.74) is 5.35. The van der Waals surface area contributed by atoms with E-state index in [-0.39, 0.29) is 17.9 Å². The van der Waals surface area contributed by atoms with Gasteiger partial charge in [0.25, 0.3) is 0 Å². The molecule has 8 nitrogen and oxygen atoms in total. The first kappa shape index (κ1) is 21.4. The number of carbonyl (C=O) groups is 1. The van der Waals surface area contributed by atoms with Gasteiger partial charge in [-0.05, 0) is 50.9 Å². The predicted octanol–water partition coefficient (Wildman–Crippen LogP) is 2.93. The van der Waals surface area contributed by atoms with Crippen LogP contribution in [0.2, 0.25) is 0 Å². The molecule has 3 fully saturated rings. The first-order valence-corrected chi connectivity index (χ1v) is 12.4. The van der Waals surface area contributed by atoms with Crippen molar-refractivity contribution >= 4 is 17.1 Å². The van der Waals surface area contributed by atoms with Crippen molar-refractivity contribution in [2.24, 2.45) is 5.92 Å². The Balaban J connectivity index is 1.31. The van der Waals surface area contributed by atoms with Crippen LogP contribution in [0.4, 0.5) is 5.69 Å². The summed E-state index contributed by atoms with van der Waals surface area (Å²) in [5, 5.41) is 7.60. The molecule has 1 amide bonds. The van der Waals surface area contributed by atoms with Gasteiger partial charge in [0.05, 0.1) is 23.8 Å². The largest absolute Gasteiger partial charge is 0.488 e. The van der Waals surface area contributed by atoms with E-state index in [1.54, 1.807) is 0 Å². The molecule has 0 bridgehead atoms. The number of anilines is 1. The highest BCUT2D eigenvalue weighted by atomic mass is 16.5. The van der Waals surface area contributed by atoms with Crippen LogP contribution in [0.25, 0.3) is 16.8 Å². The lowest BCUT2D eigenvalue weighted by molar-refractivity contribution is -0.119. The average Bonchev–Trinajstić information content (AvgIpc) is 3.45. The highest BCUT2D eigenvalue weighted by Crippen LogP contribution is 2.44. The second-order valence-electron chi connectivity index (χ2n) is 10.0. The van der Waals surface area contributed by atoms with Crippen molar-refractivity contribution in [1.82, 2.24) is 24.8 Å². The molecule has 8 heteroatoms. The summed E-state index contributed by atoms with van der Waals surface area (Å²) in [4.78, 5) is 21.3. The molecule has 3 aromatic heterocycles. The molecule has 3 aromatic rings. The standard InChI is InChI=1S/C26H32N6O2/c1-17(19-12-25(33)28-13-19)34-24-11-20(16-32-26(24)22(15-29-32)18-3-4-18)23-6-5-21(14-27-23)31-9-7-30(2)8-10-31/h5-6,11,14-19H,3-4,7-10,12-13H2,1-2H3,(H,28,33)/t17-,19-/m1/s1. The molecule has 0 aromatic carbocycles. The summed E-state index contributed by atoms with van der Waals surface area (Å²) in [6.45, 7) is 6.92. The van der Waals surface area contributed by atoms with E-state index in [2.05, 4.69) is 58.6 Å². The lowest BCUT2D eigenvalue weighted by Crippen LogP contribution is -2.44. The Morgan fingerprint density at radius 1 is 1.15 bits per heavy atom. The van der Waals surface area contributed by atoms with Gasteiger partial charge in [-0.15, -0.1) is 0 Å². The number of hydrogen-bond donors (Lipinski definition) is 1. The normalized spacial score (nSPS) is 22.2. The van der Waals surface area contributed by atoms with Gasteiger partial charge in [0.1, 0.15) is 17.4 Å². The maximum absolute atomic E-state index is 11.7. The Hall–Kier alpha value is -3.13. The van der Waals surface area contributed by atoms with Crippen LogP contribution in [0, 0.1) is 5.92 Å². The average molecular weight is 461 g/mol. The van der Waals surface area contributed by atoms with Crippen molar-refractivity contribution in [2.75, 3.05) is 44.7 Å². The summed E-state index contributed by atoms with van der Waals surface area (Å²) in [5.74, 6) is 1.67. The fourth-order valence-corrected chi connectivity index (χ4v) is 5.09. The first-order chi connectivity index (χ1) is 16.5. The van der Waals surface area contributed by atoms with E-state index < -0.39 is 0 Å². The van der Waals surface area contributed by atoms with E-state index in [0.717, 1.165) is 54.4 Å². The SMILES string of the molecule is C[C@@H](Oc1cc(-c2ccc(N3CCN(C)CC3)cn2)cn2ncc(C3CC3)c12)[C@H]1CNC(=O)C1. The number of nitrogens with one attached hydrogen (secondary N) is 1. The molecule has 2 atom stereocenters. The molecule has 0 radical (unpaired) electrons. The van der Waals surface area contributed by atoms with Crippen molar-refractivity contribution in [1.29, 1.82) is 0 Å². The number of likely N-dealkylation sites (N-methyl/N-ethyl adjacent to an activating group) is 1. The van der Waals surface area contributed by atoms with Gasteiger partial charge in [-0.1, -0.05) is 0 Å². The van der Waals surface area contributed by atoms with E-state index >= 15 is 0 Å². The second kappa shape index (κ2) is 8.58. The van der Waals surface area contributed by atoms with Crippen LogP contribution < -0.4 is 15.0 Å². The topological polar surface area (TPSA) is 75.0 Å². The lowest BCUT2D eigenvalue weighted by atomic mass is 10.0. The zero-order valence-electron chi connectivity index (χ0n) is 19.9. The van der Waals surface area contributed by atoms with E-state index in [1.165, 1.54) is 18.4 Å². The Morgan fingerprint density at radius 3 is 2.65 bits per heavy atom. The number of aromatic nitrogens is 3. The minimum atomic E-state index is -0.0764. The summed E-state index contributed by atoms with van der Waals surface area (Å²) in [6.07, 6.45) is 8.86. The molecular formula is C26H32N6O2. The quantitative estimate of drug-likeness (QED) is 0.610. The number of carbonyl (C=O) groups excluding carboxylic acids is 1. The third-order valence-corrected chi connectivity index (χ3v) is 7.52. The molecule has 3 aliphatic rings. The Bertz CT molecular complexity index is 1190. The maximum atomic E-state index is 11.7. The summed E-state index contributed by atoms with van der Waals surface area (Å²) in [6, 6.07) is 6.35. The van der Waals surface area contributed by atoms with Gasteiger partial charge in [0.15, 0.2) is 0 Å². The highest BCUT2D eigenvalue weighted by molar-refractivity contribution is 5.78. The number of piperazine rings is 1. The lowest BCUT2D eigenvalue weighted by Gasteiger charge is -2.33. The van der Waals surface area contributed by atoms with Crippen LogP contribution >= 0.6 is 0 Å². The predicted molar refractivity (Wildman–Crippen MR) is 131 cm³/mol. The van der Waals surface area contributed by atoms with Crippen molar-refractivity contribution in [3.8, 4) is 17.0 Å². The summed E-state index contributed by atoms with van der Waals surface area (Å²) in [7, 11) is 2.17. The number of ether oxygens (including phenoxy) is 1. The minimum Gasteiger partial charge on any atom is -0.488 e. The second-order valence-corrected chi connectivity index (χ2v) is 10.0. The summed E-state index contributed by atoms with van der Waals surface area (Å²) < 4.78 is 8.48. The molecule has 2 aliphatic heterocycles. The zero-order valence-corrected chi connectivity index (χ0v) is 19.9. The van der Waals surface area contributed by atoms with Gasteiger partial charge < -0.3 is 19.9 Å². The van der Waals surface area contributed by atoms with Crippen molar-refractivity contribution in [2.45, 2.75) is 38.2 Å². The third kappa shape index (κ3) is 4.11. The fourth-order valence-electron chi connectivity index (χ4n) is 5.09. The highest BCUT2D eigenvalue weighted by Gasteiger charge is 2.31. The van der Waals surface area contributed by atoms with E-state index in [1.807, 2.05) is 16.9 Å². The number of pyridine rings is 2. The maximum Gasteiger partial charge on any atom is 0.220 e. The Labute approximate surface area is 199 Å². The van der Waals surface area contributed by atoms with Gasteiger partial charge in [-0.25, -0.2) is 4.52 Å². The van der Waals surface area contributed by atoms with E-state index in [4.69, 9.17) is 9.72 Å². The van der Waals surface area contributed by atoms with Crippen LogP contribution in [0.1, 0.15) is 37.7 Å². The molecule has 0 spiro atoms. The molecule has 2 saturated heterocycles. The summed E-state index contributed by atoms with van der Waals surface area (Å²) >= 11 is 0. The molecule has 0 unspecified atom stereocenters. The molecule has 1 saturated carbocycles. The number of amides is 1. The van der Waals surface area contributed by atoms with Gasteiger partial charge in [0, 0.05) is 62.4 Å². The Morgan fingerprint density at radius 2 is 1.97 bits per heavy atom. The fraction of sp³-hybridized carbons (Fsp3) is 0.500. The van der Waals surface area contributed by atoms with Crippen LogP contribution in [-0.2, 0) is 4.79 Å². The zero-order chi connectivity index (χ0) is 23.2. The smallest absolute Gasteiger partial charge is 0.220 e. The number of rotatable bonds is 6. The van der Waals surface area contributed by atoms with Crippen LogP contribution in [0.3, 0.4) is 0 Å². The van der Waals surface area contributed by atoms with Crippen LogP contribution in [-0.4, -0.2) is 71.3 Å².